The Morgan fingerprint density at radius 2 is 2.27 bits per heavy atom. The van der Waals surface area contributed by atoms with E-state index in [-0.39, 0.29) is 5.78 Å². The van der Waals surface area contributed by atoms with Crippen LogP contribution in [0.2, 0.25) is 0 Å². The van der Waals surface area contributed by atoms with Crippen LogP contribution >= 0.6 is 0 Å². The van der Waals surface area contributed by atoms with E-state index in [1.807, 2.05) is 12.2 Å². The Morgan fingerprint density at radius 1 is 1.33 bits per heavy atom. The first-order chi connectivity index (χ1) is 7.34. The second-order valence-electron chi connectivity index (χ2n) is 4.30. The number of rotatable bonds is 0. The van der Waals surface area contributed by atoms with E-state index in [1.165, 1.54) is 18.7 Å². The summed E-state index contributed by atoms with van der Waals surface area (Å²) in [6.45, 7) is 1.85. The minimum absolute atomic E-state index is 0.251. The zero-order chi connectivity index (χ0) is 10.3. The van der Waals surface area contributed by atoms with E-state index < -0.39 is 0 Å². The fourth-order valence-electron chi connectivity index (χ4n) is 2.42. The quantitative estimate of drug-likeness (QED) is 0.598. The van der Waals surface area contributed by atoms with Gasteiger partial charge in [-0.1, -0.05) is 6.08 Å². The first-order valence-corrected chi connectivity index (χ1v) is 5.60. The minimum Gasteiger partial charge on any atom is -0.355 e. The molecule has 2 heterocycles. The Morgan fingerprint density at radius 3 is 3.20 bits per heavy atom. The third-order valence-electron chi connectivity index (χ3n) is 3.27. The fourth-order valence-corrected chi connectivity index (χ4v) is 2.42. The molecule has 0 atom stereocenters. The molecule has 0 aromatic carbocycles. The van der Waals surface area contributed by atoms with E-state index in [2.05, 4.69) is 9.89 Å². The molecule has 0 unspecified atom stereocenters. The van der Waals surface area contributed by atoms with Crippen molar-refractivity contribution in [3.63, 3.8) is 0 Å². The normalized spacial score (nSPS) is 24.9. The molecule has 0 amide bonds. The van der Waals surface area contributed by atoms with E-state index >= 15 is 0 Å². The molecular formula is C12H14N2O. The largest absolute Gasteiger partial charge is 0.355 e. The summed E-state index contributed by atoms with van der Waals surface area (Å²) in [6, 6.07) is 0. The average molecular weight is 202 g/mol. The summed E-state index contributed by atoms with van der Waals surface area (Å²) in [5.74, 6) is 1.43. The molecule has 15 heavy (non-hydrogen) atoms. The number of ketones is 1. The molecule has 0 bridgehead atoms. The molecule has 1 aliphatic carbocycles. The lowest BCUT2D eigenvalue weighted by Crippen LogP contribution is -2.41. The van der Waals surface area contributed by atoms with Gasteiger partial charge in [-0.25, -0.2) is 4.99 Å². The van der Waals surface area contributed by atoms with Gasteiger partial charge in [0.15, 0.2) is 5.78 Å². The van der Waals surface area contributed by atoms with Crippen LogP contribution in [-0.2, 0) is 4.79 Å². The van der Waals surface area contributed by atoms with Gasteiger partial charge in [-0.05, 0) is 18.9 Å². The molecule has 78 valence electrons. The molecule has 3 rings (SSSR count). The number of nitrogens with zero attached hydrogens (tertiary/aromatic N) is 2. The van der Waals surface area contributed by atoms with Crippen LogP contribution in [0.25, 0.3) is 0 Å². The summed E-state index contributed by atoms with van der Waals surface area (Å²) in [4.78, 5) is 18.6. The summed E-state index contributed by atoms with van der Waals surface area (Å²) >= 11 is 0. The third-order valence-corrected chi connectivity index (χ3v) is 3.27. The zero-order valence-corrected chi connectivity index (χ0v) is 8.70. The number of amidine groups is 1. The maximum absolute atomic E-state index is 11.7. The lowest BCUT2D eigenvalue weighted by molar-refractivity contribution is -0.115. The Balaban J connectivity index is 1.99. The summed E-state index contributed by atoms with van der Waals surface area (Å²) in [5, 5.41) is 0. The van der Waals surface area contributed by atoms with Gasteiger partial charge in [0.05, 0.1) is 5.70 Å². The molecule has 3 heteroatoms. The van der Waals surface area contributed by atoms with Crippen molar-refractivity contribution < 1.29 is 4.79 Å². The number of carbonyl (C=O) groups is 1. The second kappa shape index (κ2) is 3.33. The predicted octanol–water partition coefficient (Wildman–Crippen LogP) is 1.67. The highest BCUT2D eigenvalue weighted by molar-refractivity contribution is 6.01. The van der Waals surface area contributed by atoms with Gasteiger partial charge in [-0.15, -0.1) is 0 Å². The molecule has 2 aliphatic heterocycles. The van der Waals surface area contributed by atoms with Crippen LogP contribution in [-0.4, -0.2) is 29.6 Å². The first-order valence-electron chi connectivity index (χ1n) is 5.60. The van der Waals surface area contributed by atoms with E-state index in [9.17, 15) is 4.79 Å². The van der Waals surface area contributed by atoms with Crippen molar-refractivity contribution in [2.75, 3.05) is 13.1 Å². The summed E-state index contributed by atoms with van der Waals surface area (Å²) in [6.07, 6.45) is 8.00. The lowest BCUT2D eigenvalue weighted by Gasteiger charge is -2.34. The Kier molecular flexibility index (Phi) is 1.97. The Hall–Kier alpha value is -1.38. The van der Waals surface area contributed by atoms with Crippen molar-refractivity contribution in [1.29, 1.82) is 0 Å². The number of piperidine rings is 1. The number of carbonyl (C=O) groups excluding carboxylic acids is 1. The minimum atomic E-state index is 0.251. The lowest BCUT2D eigenvalue weighted by atomic mass is 9.97. The summed E-state index contributed by atoms with van der Waals surface area (Å²) in [5.41, 5.74) is 1.84. The van der Waals surface area contributed by atoms with Crippen molar-refractivity contribution in [3.05, 3.63) is 23.4 Å². The predicted molar refractivity (Wildman–Crippen MR) is 58.6 cm³/mol. The van der Waals surface area contributed by atoms with Gasteiger partial charge < -0.3 is 4.90 Å². The van der Waals surface area contributed by atoms with Crippen molar-refractivity contribution in [1.82, 2.24) is 4.90 Å². The van der Waals surface area contributed by atoms with Gasteiger partial charge >= 0.3 is 0 Å². The Labute approximate surface area is 89.2 Å². The molecule has 0 spiro atoms. The highest BCUT2D eigenvalue weighted by Crippen LogP contribution is 2.26. The number of aliphatic imine (C=N–C) groups is 1. The van der Waals surface area contributed by atoms with Crippen molar-refractivity contribution >= 4 is 11.6 Å². The van der Waals surface area contributed by atoms with Crippen molar-refractivity contribution in [2.24, 2.45) is 4.99 Å². The monoisotopic (exact) mass is 202 g/mol. The molecular weight excluding hydrogens is 188 g/mol. The second-order valence-corrected chi connectivity index (χ2v) is 4.30. The molecule has 0 saturated carbocycles. The van der Waals surface area contributed by atoms with Gasteiger partial charge in [0.25, 0.3) is 0 Å². The molecule has 0 aromatic rings. The van der Waals surface area contributed by atoms with Gasteiger partial charge in [0, 0.05) is 31.5 Å². The Bertz CT molecular complexity index is 404. The zero-order valence-electron chi connectivity index (χ0n) is 8.70. The average Bonchev–Trinajstić information content (AvgIpc) is 2.27. The standard InChI is InChI=1S/C12H14N2O/c15-11-5-3-4-10-9(11)8-14-7-2-1-6-12(14)13-10/h3-4H,1-2,5-8H2. The van der Waals surface area contributed by atoms with Crippen molar-refractivity contribution in [2.45, 2.75) is 25.7 Å². The van der Waals surface area contributed by atoms with E-state index in [0.29, 0.717) is 6.42 Å². The third kappa shape index (κ3) is 1.42. The van der Waals surface area contributed by atoms with Crippen LogP contribution in [0.1, 0.15) is 25.7 Å². The fraction of sp³-hybridized carbons (Fsp3) is 0.500. The van der Waals surface area contributed by atoms with Crippen LogP contribution in [0, 0.1) is 0 Å². The first kappa shape index (κ1) is 8.89. The topological polar surface area (TPSA) is 32.7 Å². The maximum Gasteiger partial charge on any atom is 0.166 e. The molecule has 1 saturated heterocycles. The van der Waals surface area contributed by atoms with E-state index in [1.54, 1.807) is 0 Å². The van der Waals surface area contributed by atoms with Crippen LogP contribution in [0.15, 0.2) is 28.4 Å². The van der Waals surface area contributed by atoms with Crippen LogP contribution < -0.4 is 0 Å². The SMILES string of the molecule is O=C1CC=CC2=C1CN1CCCCC1=N2. The molecule has 3 nitrogen and oxygen atoms in total. The molecule has 1 fully saturated rings. The summed E-state index contributed by atoms with van der Waals surface area (Å²) < 4.78 is 0. The van der Waals surface area contributed by atoms with Gasteiger partial charge in [0.1, 0.15) is 5.84 Å². The maximum atomic E-state index is 11.7. The number of fused-ring (bicyclic) bond motifs is 1. The van der Waals surface area contributed by atoms with Gasteiger partial charge in [0.2, 0.25) is 0 Å². The number of Topliss-reactive ketones (excluding diaryl/α,β-unsaturated/α-hetero) is 1. The smallest absolute Gasteiger partial charge is 0.166 e. The number of allylic oxidation sites excluding steroid dienone is 2. The van der Waals surface area contributed by atoms with E-state index in [4.69, 9.17) is 0 Å². The highest BCUT2D eigenvalue weighted by Gasteiger charge is 2.27. The van der Waals surface area contributed by atoms with E-state index in [0.717, 1.165) is 30.8 Å². The van der Waals surface area contributed by atoms with Gasteiger partial charge in [-0.2, -0.15) is 0 Å². The molecule has 3 aliphatic rings. The van der Waals surface area contributed by atoms with Crippen molar-refractivity contribution in [3.8, 4) is 0 Å². The number of hydrogen-bond acceptors (Lipinski definition) is 3. The molecule has 0 aromatic heterocycles. The van der Waals surface area contributed by atoms with Crippen LogP contribution in [0.3, 0.4) is 0 Å². The molecule has 0 N–H and O–H groups in total. The summed E-state index contributed by atoms with van der Waals surface area (Å²) in [7, 11) is 0. The van der Waals surface area contributed by atoms with Crippen LogP contribution in [0.4, 0.5) is 0 Å². The molecule has 0 radical (unpaired) electrons. The van der Waals surface area contributed by atoms with Crippen LogP contribution in [0.5, 0.6) is 0 Å². The van der Waals surface area contributed by atoms with Gasteiger partial charge in [-0.3, -0.25) is 4.79 Å². The highest BCUT2D eigenvalue weighted by atomic mass is 16.1. The number of hydrogen-bond donors (Lipinski definition) is 0.